The molecule has 3 nitrogen and oxygen atoms in total. The molecule has 0 aromatic carbocycles. The van der Waals surface area contributed by atoms with Gasteiger partial charge in [-0.2, -0.15) is 0 Å². The predicted octanol–water partition coefficient (Wildman–Crippen LogP) is 1.66. The lowest BCUT2D eigenvalue weighted by Crippen LogP contribution is -2.48. The Morgan fingerprint density at radius 3 is 2.56 bits per heavy atom. The minimum atomic E-state index is 0.481. The SMILES string of the molecule is C=CCCC(NN)C1CC2CCC(C1)N2C. The first-order valence-corrected chi connectivity index (χ1v) is 6.55. The van der Waals surface area contributed by atoms with E-state index in [1.165, 1.54) is 25.7 Å². The largest absolute Gasteiger partial charge is 0.300 e. The zero-order valence-electron chi connectivity index (χ0n) is 10.4. The Morgan fingerprint density at radius 1 is 1.44 bits per heavy atom. The van der Waals surface area contributed by atoms with Crippen LogP contribution in [0.15, 0.2) is 12.7 Å². The molecule has 0 saturated carbocycles. The van der Waals surface area contributed by atoms with Crippen molar-refractivity contribution in [3.63, 3.8) is 0 Å². The van der Waals surface area contributed by atoms with Gasteiger partial charge in [0.1, 0.15) is 0 Å². The summed E-state index contributed by atoms with van der Waals surface area (Å²) < 4.78 is 0. The Morgan fingerprint density at radius 2 is 2.06 bits per heavy atom. The molecule has 92 valence electrons. The van der Waals surface area contributed by atoms with Crippen LogP contribution in [0.25, 0.3) is 0 Å². The van der Waals surface area contributed by atoms with Gasteiger partial charge in [-0.15, -0.1) is 6.58 Å². The Labute approximate surface area is 99.0 Å². The maximum atomic E-state index is 5.69. The number of hydrogen-bond donors (Lipinski definition) is 2. The second kappa shape index (κ2) is 5.30. The minimum Gasteiger partial charge on any atom is -0.300 e. The first kappa shape index (κ1) is 12.1. The van der Waals surface area contributed by atoms with Crippen molar-refractivity contribution < 1.29 is 0 Å². The van der Waals surface area contributed by atoms with E-state index in [0.29, 0.717) is 6.04 Å². The highest BCUT2D eigenvalue weighted by Crippen LogP contribution is 2.39. The van der Waals surface area contributed by atoms with Crippen LogP contribution in [-0.2, 0) is 0 Å². The van der Waals surface area contributed by atoms with Gasteiger partial charge in [0.25, 0.3) is 0 Å². The highest BCUT2D eigenvalue weighted by molar-refractivity contribution is 4.96. The molecule has 0 aromatic rings. The van der Waals surface area contributed by atoms with E-state index in [-0.39, 0.29) is 0 Å². The highest BCUT2D eigenvalue weighted by atomic mass is 15.2. The van der Waals surface area contributed by atoms with Crippen LogP contribution < -0.4 is 11.3 Å². The van der Waals surface area contributed by atoms with E-state index in [1.807, 2.05) is 6.08 Å². The van der Waals surface area contributed by atoms with Gasteiger partial charge in [0.05, 0.1) is 0 Å². The van der Waals surface area contributed by atoms with E-state index in [2.05, 4.69) is 24.0 Å². The lowest BCUT2D eigenvalue weighted by Gasteiger charge is -2.39. The molecule has 0 aromatic heterocycles. The first-order chi connectivity index (χ1) is 7.76. The molecule has 3 unspecified atom stereocenters. The average molecular weight is 223 g/mol. The van der Waals surface area contributed by atoms with E-state index in [0.717, 1.165) is 30.8 Å². The van der Waals surface area contributed by atoms with Crippen LogP contribution in [0.2, 0.25) is 0 Å². The van der Waals surface area contributed by atoms with Crippen molar-refractivity contribution in [2.24, 2.45) is 11.8 Å². The van der Waals surface area contributed by atoms with Gasteiger partial charge in [0, 0.05) is 18.1 Å². The second-order valence-corrected chi connectivity index (χ2v) is 5.42. The number of piperidine rings is 1. The first-order valence-electron chi connectivity index (χ1n) is 6.55. The van der Waals surface area contributed by atoms with Crippen molar-refractivity contribution in [3.05, 3.63) is 12.7 Å². The highest BCUT2D eigenvalue weighted by Gasteiger charge is 2.40. The third-order valence-corrected chi connectivity index (χ3v) is 4.60. The lowest BCUT2D eigenvalue weighted by molar-refractivity contribution is 0.110. The normalized spacial score (nSPS) is 36.2. The number of hydrazine groups is 1. The molecule has 2 rings (SSSR count). The standard InChI is InChI=1S/C13H25N3/c1-3-4-5-13(15-14)10-8-11-6-7-12(9-10)16(11)2/h3,10-13,15H,1,4-9,14H2,2H3. The van der Waals surface area contributed by atoms with Crippen LogP contribution in [-0.4, -0.2) is 30.1 Å². The van der Waals surface area contributed by atoms with E-state index >= 15 is 0 Å². The summed E-state index contributed by atoms with van der Waals surface area (Å²) in [7, 11) is 2.28. The molecular formula is C13H25N3. The summed E-state index contributed by atoms with van der Waals surface area (Å²) in [5.74, 6) is 6.46. The third kappa shape index (κ3) is 2.31. The Hall–Kier alpha value is -0.380. The van der Waals surface area contributed by atoms with E-state index in [1.54, 1.807) is 0 Å². The van der Waals surface area contributed by atoms with Crippen LogP contribution in [0.3, 0.4) is 0 Å². The van der Waals surface area contributed by atoms with Crippen molar-refractivity contribution in [3.8, 4) is 0 Å². The predicted molar refractivity (Wildman–Crippen MR) is 67.8 cm³/mol. The quantitative estimate of drug-likeness (QED) is 0.423. The molecule has 2 aliphatic heterocycles. The van der Waals surface area contributed by atoms with Gasteiger partial charge in [0.2, 0.25) is 0 Å². The Balaban J connectivity index is 1.92. The van der Waals surface area contributed by atoms with E-state index < -0.39 is 0 Å². The van der Waals surface area contributed by atoms with Crippen LogP contribution in [0.1, 0.15) is 38.5 Å². The van der Waals surface area contributed by atoms with Crippen molar-refractivity contribution in [2.75, 3.05) is 7.05 Å². The number of rotatable bonds is 5. The smallest absolute Gasteiger partial charge is 0.0242 e. The monoisotopic (exact) mass is 223 g/mol. The van der Waals surface area contributed by atoms with Gasteiger partial charge in [-0.3, -0.25) is 11.3 Å². The van der Waals surface area contributed by atoms with E-state index in [9.17, 15) is 0 Å². The molecule has 0 amide bonds. The summed E-state index contributed by atoms with van der Waals surface area (Å²) in [5, 5.41) is 0. The zero-order chi connectivity index (χ0) is 11.5. The molecule has 0 radical (unpaired) electrons. The number of nitrogens with zero attached hydrogens (tertiary/aromatic N) is 1. The van der Waals surface area contributed by atoms with Gasteiger partial charge in [-0.05, 0) is 51.5 Å². The number of hydrogen-bond acceptors (Lipinski definition) is 3. The molecule has 2 aliphatic rings. The summed E-state index contributed by atoms with van der Waals surface area (Å²) in [6.45, 7) is 3.79. The van der Waals surface area contributed by atoms with Gasteiger partial charge in [-0.1, -0.05) is 6.08 Å². The van der Waals surface area contributed by atoms with Crippen molar-refractivity contribution >= 4 is 0 Å². The lowest BCUT2D eigenvalue weighted by atomic mass is 9.83. The molecule has 0 spiro atoms. The summed E-state index contributed by atoms with van der Waals surface area (Å²) in [4.78, 5) is 2.58. The zero-order valence-corrected chi connectivity index (χ0v) is 10.4. The fraction of sp³-hybridized carbons (Fsp3) is 0.846. The number of allylic oxidation sites excluding steroid dienone is 1. The van der Waals surface area contributed by atoms with Crippen molar-refractivity contribution in [2.45, 2.75) is 56.7 Å². The number of fused-ring (bicyclic) bond motifs is 2. The topological polar surface area (TPSA) is 41.3 Å². The molecular weight excluding hydrogens is 198 g/mol. The van der Waals surface area contributed by atoms with Crippen molar-refractivity contribution in [1.82, 2.24) is 10.3 Å². The summed E-state index contributed by atoms with van der Waals surface area (Å²) in [6.07, 6.45) is 9.60. The Bertz CT molecular complexity index is 227. The molecule has 2 heterocycles. The fourth-order valence-corrected chi connectivity index (χ4v) is 3.53. The van der Waals surface area contributed by atoms with Gasteiger partial charge in [-0.25, -0.2) is 0 Å². The second-order valence-electron chi connectivity index (χ2n) is 5.42. The summed E-state index contributed by atoms with van der Waals surface area (Å²) in [5.41, 5.74) is 3.02. The Kier molecular flexibility index (Phi) is 4.00. The van der Waals surface area contributed by atoms with Crippen LogP contribution in [0.4, 0.5) is 0 Å². The minimum absolute atomic E-state index is 0.481. The molecule has 16 heavy (non-hydrogen) atoms. The third-order valence-electron chi connectivity index (χ3n) is 4.60. The molecule has 2 saturated heterocycles. The molecule has 2 bridgehead atoms. The van der Waals surface area contributed by atoms with Gasteiger partial charge in [0.15, 0.2) is 0 Å². The maximum Gasteiger partial charge on any atom is 0.0242 e. The molecule has 3 atom stereocenters. The van der Waals surface area contributed by atoms with Gasteiger partial charge < -0.3 is 4.90 Å². The fourth-order valence-electron chi connectivity index (χ4n) is 3.53. The summed E-state index contributed by atoms with van der Waals surface area (Å²) in [6, 6.07) is 2.10. The summed E-state index contributed by atoms with van der Waals surface area (Å²) >= 11 is 0. The molecule has 0 aliphatic carbocycles. The number of nitrogens with one attached hydrogen (secondary N) is 1. The van der Waals surface area contributed by atoms with Crippen molar-refractivity contribution in [1.29, 1.82) is 0 Å². The number of nitrogens with two attached hydrogens (primary N) is 1. The van der Waals surface area contributed by atoms with E-state index in [4.69, 9.17) is 5.84 Å². The maximum absolute atomic E-state index is 5.69. The van der Waals surface area contributed by atoms with Gasteiger partial charge >= 0.3 is 0 Å². The van der Waals surface area contributed by atoms with Crippen LogP contribution in [0, 0.1) is 5.92 Å². The molecule has 2 fully saturated rings. The van der Waals surface area contributed by atoms with Crippen LogP contribution >= 0.6 is 0 Å². The molecule has 3 heteroatoms. The van der Waals surface area contributed by atoms with Crippen LogP contribution in [0.5, 0.6) is 0 Å². The molecule has 3 N–H and O–H groups in total. The average Bonchev–Trinajstić information content (AvgIpc) is 2.54.